The van der Waals surface area contributed by atoms with Gasteiger partial charge >= 0.3 is 5.97 Å². The van der Waals surface area contributed by atoms with Gasteiger partial charge in [-0.1, -0.05) is 29.0 Å². The van der Waals surface area contributed by atoms with Crippen LogP contribution in [0, 0.1) is 6.92 Å². The molecule has 0 fully saturated rings. The third-order valence-electron chi connectivity index (χ3n) is 3.78. The summed E-state index contributed by atoms with van der Waals surface area (Å²) in [6.45, 7) is 3.92. The molecule has 0 radical (unpaired) electrons. The highest BCUT2D eigenvalue weighted by Crippen LogP contribution is 2.27. The van der Waals surface area contributed by atoms with E-state index in [1.807, 2.05) is 6.92 Å². The van der Waals surface area contributed by atoms with E-state index < -0.39 is 0 Å². The smallest absolute Gasteiger partial charge is 0.338 e. The Bertz CT molecular complexity index is 1080. The lowest BCUT2D eigenvalue weighted by molar-refractivity contribution is 0.0526. The van der Waals surface area contributed by atoms with E-state index in [4.69, 9.17) is 28.6 Å². The van der Waals surface area contributed by atoms with Crippen molar-refractivity contribution in [1.82, 2.24) is 10.3 Å². The van der Waals surface area contributed by atoms with E-state index in [9.17, 15) is 9.59 Å². The second-order valence-electron chi connectivity index (χ2n) is 5.79. The zero-order chi connectivity index (χ0) is 20.3. The summed E-state index contributed by atoms with van der Waals surface area (Å²) in [5, 5.41) is 6.62. The number of carbonyl (C=O) groups is 2. The van der Waals surface area contributed by atoms with E-state index in [1.54, 1.807) is 43.3 Å². The van der Waals surface area contributed by atoms with Gasteiger partial charge in [0.05, 0.1) is 22.4 Å². The maximum absolute atomic E-state index is 12.3. The van der Waals surface area contributed by atoms with Crippen molar-refractivity contribution in [1.29, 1.82) is 0 Å². The van der Waals surface area contributed by atoms with Crippen molar-refractivity contribution in [3.8, 4) is 0 Å². The summed E-state index contributed by atoms with van der Waals surface area (Å²) in [6, 6.07) is 10.1. The van der Waals surface area contributed by atoms with Gasteiger partial charge in [-0.3, -0.25) is 10.1 Å². The van der Waals surface area contributed by atoms with Crippen LogP contribution in [0.5, 0.6) is 0 Å². The number of halogens is 1. The summed E-state index contributed by atoms with van der Waals surface area (Å²) >= 11 is 12.6. The van der Waals surface area contributed by atoms with Gasteiger partial charge in [-0.2, -0.15) is 0 Å². The van der Waals surface area contributed by atoms with Crippen molar-refractivity contribution in [2.24, 2.45) is 0 Å². The van der Waals surface area contributed by atoms with Gasteiger partial charge in [0, 0.05) is 10.6 Å². The number of thiazole rings is 1. The SMILES string of the molecule is CCOC(=O)c1ccc2nc(NC(=S)NC(=O)c3ccc(C)c(Cl)c3)sc2c1. The first-order valence-corrected chi connectivity index (χ1v) is 9.94. The number of nitrogens with one attached hydrogen (secondary N) is 2. The van der Waals surface area contributed by atoms with Crippen molar-refractivity contribution in [2.75, 3.05) is 11.9 Å². The molecule has 1 amide bonds. The summed E-state index contributed by atoms with van der Waals surface area (Å²) in [6.07, 6.45) is 0. The number of fused-ring (bicyclic) bond motifs is 1. The van der Waals surface area contributed by atoms with E-state index >= 15 is 0 Å². The third kappa shape index (κ3) is 4.64. The Balaban J connectivity index is 1.69. The fourth-order valence-corrected chi connectivity index (χ4v) is 3.70. The molecule has 9 heteroatoms. The third-order valence-corrected chi connectivity index (χ3v) is 5.33. The minimum Gasteiger partial charge on any atom is -0.462 e. The molecule has 1 aromatic heterocycles. The maximum Gasteiger partial charge on any atom is 0.338 e. The molecule has 0 unspecified atom stereocenters. The average molecular weight is 434 g/mol. The number of benzene rings is 2. The molecule has 0 atom stereocenters. The van der Waals surface area contributed by atoms with Gasteiger partial charge in [0.1, 0.15) is 0 Å². The second kappa shape index (κ2) is 8.64. The fourth-order valence-electron chi connectivity index (χ4n) is 2.36. The van der Waals surface area contributed by atoms with Crippen molar-refractivity contribution in [2.45, 2.75) is 13.8 Å². The number of ether oxygens (including phenoxy) is 1. The van der Waals surface area contributed by atoms with Crippen LogP contribution in [0.25, 0.3) is 10.2 Å². The highest BCUT2D eigenvalue weighted by atomic mass is 35.5. The number of rotatable bonds is 4. The second-order valence-corrected chi connectivity index (χ2v) is 7.64. The molecule has 3 aromatic rings. The quantitative estimate of drug-likeness (QED) is 0.463. The zero-order valence-corrected chi connectivity index (χ0v) is 17.4. The lowest BCUT2D eigenvalue weighted by Gasteiger charge is -2.08. The number of anilines is 1. The molecular formula is C19H16ClN3O3S2. The molecule has 144 valence electrons. The molecule has 0 saturated carbocycles. The molecule has 2 aromatic carbocycles. The zero-order valence-electron chi connectivity index (χ0n) is 15.0. The fraction of sp³-hybridized carbons (Fsp3) is 0.158. The maximum atomic E-state index is 12.3. The van der Waals surface area contributed by atoms with Crippen LogP contribution in [0.4, 0.5) is 5.13 Å². The standard InChI is InChI=1S/C19H16ClN3O3S2/c1-3-26-17(25)12-6-7-14-15(9-12)28-19(21-14)23-18(27)22-16(24)11-5-4-10(2)13(20)8-11/h4-9H,3H2,1-2H3,(H2,21,22,23,24,27). The highest BCUT2D eigenvalue weighted by Gasteiger charge is 2.13. The summed E-state index contributed by atoms with van der Waals surface area (Å²) < 4.78 is 5.80. The minimum atomic E-state index is -0.383. The molecule has 0 aliphatic heterocycles. The van der Waals surface area contributed by atoms with Crippen molar-refractivity contribution >= 4 is 67.5 Å². The average Bonchev–Trinajstić information content (AvgIpc) is 3.05. The van der Waals surface area contributed by atoms with E-state index in [0.717, 1.165) is 10.3 Å². The Morgan fingerprint density at radius 3 is 2.68 bits per heavy atom. The monoisotopic (exact) mass is 433 g/mol. The van der Waals surface area contributed by atoms with Crippen molar-refractivity contribution in [3.63, 3.8) is 0 Å². The molecule has 3 rings (SSSR count). The summed E-state index contributed by atoms with van der Waals surface area (Å²) in [5.74, 6) is -0.753. The van der Waals surface area contributed by atoms with Crippen molar-refractivity contribution in [3.05, 3.63) is 58.1 Å². The van der Waals surface area contributed by atoms with Crippen LogP contribution in [0.1, 0.15) is 33.2 Å². The van der Waals surface area contributed by atoms with Crippen LogP contribution in [0.3, 0.4) is 0 Å². The van der Waals surface area contributed by atoms with Crippen LogP contribution in [0.2, 0.25) is 5.02 Å². The number of hydrogen-bond acceptors (Lipinski definition) is 6. The molecule has 6 nitrogen and oxygen atoms in total. The number of hydrogen-bond donors (Lipinski definition) is 2. The largest absolute Gasteiger partial charge is 0.462 e. The predicted molar refractivity (Wildman–Crippen MR) is 115 cm³/mol. The molecule has 0 saturated heterocycles. The Kier molecular flexibility index (Phi) is 6.23. The van der Waals surface area contributed by atoms with E-state index in [0.29, 0.717) is 33.4 Å². The highest BCUT2D eigenvalue weighted by molar-refractivity contribution is 7.80. The van der Waals surface area contributed by atoms with E-state index in [-0.39, 0.29) is 17.0 Å². The van der Waals surface area contributed by atoms with E-state index in [1.165, 1.54) is 11.3 Å². The molecule has 0 aliphatic rings. The first-order chi connectivity index (χ1) is 13.4. The molecule has 0 spiro atoms. The predicted octanol–water partition coefficient (Wildman–Crippen LogP) is 4.56. The van der Waals surface area contributed by atoms with Gasteiger partial charge in [-0.25, -0.2) is 9.78 Å². The van der Waals surface area contributed by atoms with Crippen LogP contribution < -0.4 is 10.6 Å². The molecular weight excluding hydrogens is 418 g/mol. The lowest BCUT2D eigenvalue weighted by Crippen LogP contribution is -2.34. The molecule has 1 heterocycles. The molecule has 0 aliphatic carbocycles. The summed E-state index contributed by atoms with van der Waals surface area (Å²) in [5.41, 5.74) is 2.45. The van der Waals surface area contributed by atoms with Gasteiger partial charge in [0.25, 0.3) is 5.91 Å². The number of nitrogens with zero attached hydrogens (tertiary/aromatic N) is 1. The number of thiocarbonyl (C=S) groups is 1. The first-order valence-electron chi connectivity index (χ1n) is 8.33. The molecule has 0 bridgehead atoms. The Morgan fingerprint density at radius 2 is 1.96 bits per heavy atom. The number of carbonyl (C=O) groups excluding carboxylic acids is 2. The number of aromatic nitrogens is 1. The number of esters is 1. The first kappa shape index (κ1) is 20.2. The minimum absolute atomic E-state index is 0.117. The normalized spacial score (nSPS) is 10.5. The Hall–Kier alpha value is -2.55. The van der Waals surface area contributed by atoms with Gasteiger partial charge < -0.3 is 10.1 Å². The van der Waals surface area contributed by atoms with Crippen LogP contribution in [-0.2, 0) is 4.74 Å². The lowest BCUT2D eigenvalue weighted by atomic mass is 10.1. The van der Waals surface area contributed by atoms with Gasteiger partial charge in [-0.15, -0.1) is 0 Å². The summed E-state index contributed by atoms with van der Waals surface area (Å²) in [4.78, 5) is 28.5. The van der Waals surface area contributed by atoms with Gasteiger partial charge in [-0.05, 0) is 62.0 Å². The van der Waals surface area contributed by atoms with Crippen LogP contribution in [0.15, 0.2) is 36.4 Å². The number of amides is 1. The Labute approximate surface area is 175 Å². The topological polar surface area (TPSA) is 80.3 Å². The van der Waals surface area contributed by atoms with Crippen LogP contribution >= 0.6 is 35.2 Å². The molecule has 2 N–H and O–H groups in total. The van der Waals surface area contributed by atoms with Gasteiger partial charge in [0.15, 0.2) is 10.2 Å². The van der Waals surface area contributed by atoms with Crippen LogP contribution in [-0.4, -0.2) is 28.6 Å². The molecule has 28 heavy (non-hydrogen) atoms. The van der Waals surface area contributed by atoms with Gasteiger partial charge in [0.2, 0.25) is 0 Å². The van der Waals surface area contributed by atoms with E-state index in [2.05, 4.69) is 15.6 Å². The summed E-state index contributed by atoms with van der Waals surface area (Å²) in [7, 11) is 0. The number of aryl methyl sites for hydroxylation is 1. The van der Waals surface area contributed by atoms with Crippen molar-refractivity contribution < 1.29 is 14.3 Å². The Morgan fingerprint density at radius 1 is 1.21 bits per heavy atom.